The number of pyridine rings is 1. The fourth-order valence-electron chi connectivity index (χ4n) is 5.01. The molecule has 4 aromatic rings. The van der Waals surface area contributed by atoms with E-state index in [4.69, 9.17) is 18.9 Å². The zero-order valence-corrected chi connectivity index (χ0v) is 22.0. The number of fused-ring (bicyclic) bond motifs is 8. The van der Waals surface area contributed by atoms with Crippen LogP contribution in [0.5, 0.6) is 23.0 Å². The molecule has 7 rings (SSSR count). The summed E-state index contributed by atoms with van der Waals surface area (Å²) in [5.74, 6) is 1.28. The van der Waals surface area contributed by atoms with Crippen LogP contribution in [0, 0.1) is 0 Å². The summed E-state index contributed by atoms with van der Waals surface area (Å²) in [7, 11) is 3.07. The van der Waals surface area contributed by atoms with Crippen LogP contribution in [0.1, 0.15) is 15.9 Å². The Kier molecular flexibility index (Phi) is 6.72. The number of benzene rings is 2. The molecule has 0 aliphatic carbocycles. The molecule has 0 unspecified atom stereocenters. The van der Waals surface area contributed by atoms with Crippen molar-refractivity contribution >= 4 is 28.5 Å². The number of hydrogen-bond acceptors (Lipinski definition) is 9. The van der Waals surface area contributed by atoms with E-state index in [9.17, 15) is 9.59 Å². The first kappa shape index (κ1) is 25.3. The zero-order chi connectivity index (χ0) is 27.6. The van der Waals surface area contributed by atoms with Gasteiger partial charge in [0.25, 0.3) is 11.8 Å². The van der Waals surface area contributed by atoms with E-state index in [0.29, 0.717) is 47.3 Å². The third-order valence-electron chi connectivity index (χ3n) is 7.02. The number of nitrogens with one attached hydrogen (secondary N) is 3. The Bertz CT molecular complexity index is 1570. The maximum atomic E-state index is 13.5. The van der Waals surface area contributed by atoms with E-state index in [-0.39, 0.29) is 31.0 Å². The van der Waals surface area contributed by atoms with E-state index in [1.54, 1.807) is 43.8 Å². The molecule has 12 nitrogen and oxygen atoms in total. The van der Waals surface area contributed by atoms with Gasteiger partial charge in [0.2, 0.25) is 0 Å². The lowest BCUT2D eigenvalue weighted by Crippen LogP contribution is -2.45. The van der Waals surface area contributed by atoms with E-state index >= 15 is 0 Å². The predicted molar refractivity (Wildman–Crippen MR) is 145 cm³/mol. The lowest BCUT2D eigenvalue weighted by atomic mass is 10.1. The summed E-state index contributed by atoms with van der Waals surface area (Å²) in [6.45, 7) is 1.01. The number of rotatable bonds is 3. The van der Waals surface area contributed by atoms with Gasteiger partial charge in [-0.25, -0.2) is 4.98 Å². The Morgan fingerprint density at radius 1 is 1.02 bits per heavy atom. The van der Waals surface area contributed by atoms with Crippen molar-refractivity contribution in [2.24, 2.45) is 0 Å². The van der Waals surface area contributed by atoms with E-state index in [2.05, 4.69) is 30.7 Å². The van der Waals surface area contributed by atoms with Crippen LogP contribution in [-0.4, -0.2) is 73.1 Å². The van der Waals surface area contributed by atoms with Gasteiger partial charge in [0.15, 0.2) is 12.3 Å². The Morgan fingerprint density at radius 3 is 2.77 bits per heavy atom. The van der Waals surface area contributed by atoms with Gasteiger partial charge in [0, 0.05) is 42.5 Å². The molecule has 3 aliphatic rings. The Hall–Kier alpha value is -5.00. The van der Waals surface area contributed by atoms with Gasteiger partial charge in [-0.1, -0.05) is 0 Å². The Morgan fingerprint density at radius 2 is 1.93 bits per heavy atom. The van der Waals surface area contributed by atoms with Crippen LogP contribution in [0.3, 0.4) is 0 Å². The summed E-state index contributed by atoms with van der Waals surface area (Å²) in [5, 5.41) is 13.9. The monoisotopic (exact) mass is 544 g/mol. The molecule has 1 saturated heterocycles. The van der Waals surface area contributed by atoms with Gasteiger partial charge in [0.1, 0.15) is 29.1 Å². The number of H-pyrrole nitrogens is 1. The van der Waals surface area contributed by atoms with Crippen molar-refractivity contribution in [1.29, 1.82) is 0 Å². The molecule has 12 heteroatoms. The first-order chi connectivity index (χ1) is 19.5. The number of carbonyl (C=O) groups excluding carboxylic acids is 2. The molecule has 0 saturated carbocycles. The van der Waals surface area contributed by atoms with Crippen LogP contribution in [0.25, 0.3) is 11.0 Å². The van der Waals surface area contributed by atoms with Crippen molar-refractivity contribution in [2.75, 3.05) is 38.8 Å². The lowest BCUT2D eigenvalue weighted by molar-refractivity contribution is -0.123. The fraction of sp³-hybridized carbons (Fsp3) is 0.286. The molecular formula is C28H28N6O6. The summed E-state index contributed by atoms with van der Waals surface area (Å²) in [6, 6.07) is 11.9. The van der Waals surface area contributed by atoms with Crippen LogP contribution in [0.4, 0.5) is 5.69 Å². The molecule has 5 heterocycles. The fourth-order valence-corrected chi connectivity index (χ4v) is 5.01. The quantitative estimate of drug-likeness (QED) is 0.354. The average Bonchev–Trinajstić information content (AvgIpc) is 3.61. The molecule has 3 aliphatic heterocycles. The summed E-state index contributed by atoms with van der Waals surface area (Å²) < 4.78 is 23.1. The molecule has 1 fully saturated rings. The van der Waals surface area contributed by atoms with Crippen molar-refractivity contribution in [3.63, 3.8) is 0 Å². The molecule has 2 atom stereocenters. The average molecular weight is 545 g/mol. The lowest BCUT2D eigenvalue weighted by Gasteiger charge is -2.22. The highest BCUT2D eigenvalue weighted by Gasteiger charge is 2.37. The second-order valence-corrected chi connectivity index (χ2v) is 9.54. The zero-order valence-electron chi connectivity index (χ0n) is 22.0. The van der Waals surface area contributed by atoms with Crippen LogP contribution < -0.4 is 34.5 Å². The largest absolute Gasteiger partial charge is 0.497 e. The number of ether oxygens (including phenoxy) is 4. The number of amides is 2. The second-order valence-electron chi connectivity index (χ2n) is 9.54. The summed E-state index contributed by atoms with van der Waals surface area (Å²) in [6.07, 6.45) is 3.07. The number of aromatic amines is 1. The molecule has 2 amide bonds. The van der Waals surface area contributed by atoms with Crippen LogP contribution >= 0.6 is 0 Å². The number of anilines is 1. The summed E-state index contributed by atoms with van der Waals surface area (Å²) in [4.78, 5) is 32.5. The maximum absolute atomic E-state index is 13.5. The number of carbonyl (C=O) groups is 2. The van der Waals surface area contributed by atoms with Gasteiger partial charge in [0.05, 0.1) is 44.1 Å². The molecule has 3 N–H and O–H groups in total. The maximum Gasteiger partial charge on any atom is 0.258 e. The summed E-state index contributed by atoms with van der Waals surface area (Å²) in [5.41, 5.74) is 2.74. The van der Waals surface area contributed by atoms with Crippen molar-refractivity contribution < 1.29 is 28.5 Å². The van der Waals surface area contributed by atoms with Crippen LogP contribution in [0.2, 0.25) is 0 Å². The highest BCUT2D eigenvalue weighted by Crippen LogP contribution is 2.31. The second kappa shape index (κ2) is 10.6. The third-order valence-corrected chi connectivity index (χ3v) is 7.02. The van der Waals surface area contributed by atoms with Gasteiger partial charge < -0.3 is 34.5 Å². The number of methoxy groups -OCH3 is 2. The minimum absolute atomic E-state index is 0.230. The van der Waals surface area contributed by atoms with E-state index in [1.807, 2.05) is 18.2 Å². The number of hydrogen-bond donors (Lipinski definition) is 3. The topological polar surface area (TPSA) is 140 Å². The highest BCUT2D eigenvalue weighted by molar-refractivity contribution is 5.95. The highest BCUT2D eigenvalue weighted by atomic mass is 16.5. The number of aromatic nitrogens is 3. The normalized spacial score (nSPS) is 19.2. The molecule has 4 bridgehead atoms. The van der Waals surface area contributed by atoms with Crippen molar-refractivity contribution in [3.05, 3.63) is 66.0 Å². The molecule has 2 aromatic carbocycles. The first-order valence-corrected chi connectivity index (χ1v) is 12.8. The minimum atomic E-state index is -0.397. The smallest absolute Gasteiger partial charge is 0.258 e. The van der Waals surface area contributed by atoms with E-state index in [1.165, 1.54) is 7.11 Å². The molecule has 206 valence electrons. The van der Waals surface area contributed by atoms with Crippen molar-refractivity contribution in [1.82, 2.24) is 25.8 Å². The Balaban J connectivity index is 1.37. The molecule has 0 radical (unpaired) electrons. The van der Waals surface area contributed by atoms with Crippen LogP contribution in [-0.2, 0) is 11.3 Å². The van der Waals surface area contributed by atoms with Gasteiger partial charge in [-0.3, -0.25) is 14.7 Å². The molecule has 2 aromatic heterocycles. The molecule has 40 heavy (non-hydrogen) atoms. The van der Waals surface area contributed by atoms with Crippen molar-refractivity contribution in [2.45, 2.75) is 18.7 Å². The van der Waals surface area contributed by atoms with E-state index < -0.39 is 6.10 Å². The third kappa shape index (κ3) is 5.03. The predicted octanol–water partition coefficient (Wildman–Crippen LogP) is 2.05. The van der Waals surface area contributed by atoms with Gasteiger partial charge in [-0.15, -0.1) is 0 Å². The Labute approximate surface area is 229 Å². The standard InChI is InChI=1S/C28H28N6O6/c1-37-19-7-17-8-20(9-19)39-15-26(35)30-11-16-3-4-18(10-24(16)38-2)40-25-14-34(13-22(25)32-28(17)36)23-5-6-29-27-21(23)12-31-33-27/h3-10,12,22,25H,11,13-15H2,1-2H3,(H,30,35)(H,32,36)(H,29,31,33)/t22-,25-/m0/s1. The molecular weight excluding hydrogens is 516 g/mol. The number of nitrogens with zero attached hydrogens (tertiary/aromatic N) is 3. The van der Waals surface area contributed by atoms with E-state index in [0.717, 1.165) is 16.6 Å². The minimum Gasteiger partial charge on any atom is -0.497 e. The van der Waals surface area contributed by atoms with Gasteiger partial charge >= 0.3 is 0 Å². The molecule has 0 spiro atoms. The van der Waals surface area contributed by atoms with Gasteiger partial charge in [-0.2, -0.15) is 5.10 Å². The summed E-state index contributed by atoms with van der Waals surface area (Å²) >= 11 is 0. The van der Waals surface area contributed by atoms with Crippen LogP contribution in [0.15, 0.2) is 54.9 Å². The van der Waals surface area contributed by atoms with Gasteiger partial charge in [-0.05, 0) is 30.3 Å². The SMILES string of the molecule is COc1cc2cc(c1)C(=O)N[C@H]1CN(c3ccnc4[nH]ncc34)C[C@@H]1Oc1ccc(c(OC)c1)CNC(=O)CO2. The van der Waals surface area contributed by atoms with Crippen molar-refractivity contribution in [3.8, 4) is 23.0 Å². The first-order valence-electron chi connectivity index (χ1n) is 12.8.